The number of aromatic nitrogens is 3. The van der Waals surface area contributed by atoms with Crippen LogP contribution in [0.4, 0.5) is 0 Å². The zero-order valence-electron chi connectivity index (χ0n) is 10.6. The average molecular weight is 323 g/mol. The number of pyridine rings is 1. The first-order valence-electron chi connectivity index (χ1n) is 6.29. The zero-order chi connectivity index (χ0) is 13.6. The summed E-state index contributed by atoms with van der Waals surface area (Å²) < 4.78 is 1.04. The molecule has 3 rings (SSSR count). The van der Waals surface area contributed by atoms with Gasteiger partial charge >= 0.3 is 0 Å². The Balaban J connectivity index is 2.00. The van der Waals surface area contributed by atoms with Crippen LogP contribution >= 0.6 is 15.9 Å². The number of primary amides is 1. The van der Waals surface area contributed by atoms with Crippen LogP contribution in [0.25, 0.3) is 10.9 Å². The van der Waals surface area contributed by atoms with Gasteiger partial charge in [0.05, 0.1) is 23.6 Å². The maximum absolute atomic E-state index is 11.4. The van der Waals surface area contributed by atoms with Gasteiger partial charge in [-0.3, -0.25) is 14.5 Å². The van der Waals surface area contributed by atoms with Crippen molar-refractivity contribution in [1.29, 1.82) is 0 Å². The number of alkyl halides is 1. The summed E-state index contributed by atoms with van der Waals surface area (Å²) in [6.45, 7) is 2.66. The minimum Gasteiger partial charge on any atom is -0.368 e. The van der Waals surface area contributed by atoms with Crippen molar-refractivity contribution in [1.82, 2.24) is 14.8 Å². The van der Waals surface area contributed by atoms with Crippen molar-refractivity contribution < 1.29 is 4.79 Å². The molecule has 6 heteroatoms. The fourth-order valence-electron chi connectivity index (χ4n) is 2.05. The van der Waals surface area contributed by atoms with Crippen LogP contribution < -0.4 is 5.73 Å². The van der Waals surface area contributed by atoms with Gasteiger partial charge in [0.15, 0.2) is 0 Å². The van der Waals surface area contributed by atoms with Gasteiger partial charge in [-0.05, 0) is 31.7 Å². The monoisotopic (exact) mass is 322 g/mol. The summed E-state index contributed by atoms with van der Waals surface area (Å²) in [5.74, 6) is 0.305. The molecule has 2 aromatic rings. The molecule has 100 valence electrons. The van der Waals surface area contributed by atoms with Gasteiger partial charge in [0.1, 0.15) is 4.32 Å². The molecule has 1 fully saturated rings. The van der Waals surface area contributed by atoms with Gasteiger partial charge in [-0.2, -0.15) is 5.10 Å². The summed E-state index contributed by atoms with van der Waals surface area (Å²) >= 11 is 3.33. The van der Waals surface area contributed by atoms with Gasteiger partial charge in [0.25, 0.3) is 0 Å². The third-order valence-corrected chi connectivity index (χ3v) is 4.40. The lowest BCUT2D eigenvalue weighted by atomic mass is 10.1. The summed E-state index contributed by atoms with van der Waals surface area (Å²) in [6, 6.07) is 1.87. The number of hydrogen-bond donors (Lipinski definition) is 1. The molecule has 0 aromatic carbocycles. The summed E-state index contributed by atoms with van der Waals surface area (Å²) in [6.07, 6.45) is 6.15. The second-order valence-electron chi connectivity index (χ2n) is 5.27. The van der Waals surface area contributed by atoms with Crippen molar-refractivity contribution in [3.05, 3.63) is 24.2 Å². The molecule has 1 saturated carbocycles. The maximum Gasteiger partial charge on any atom is 0.240 e. The summed E-state index contributed by atoms with van der Waals surface area (Å²) in [7, 11) is 0. The Kier molecular flexibility index (Phi) is 2.85. The molecule has 0 radical (unpaired) electrons. The predicted octanol–water partition coefficient (Wildman–Crippen LogP) is 1.94. The van der Waals surface area contributed by atoms with Crippen LogP contribution in [0.1, 0.15) is 25.5 Å². The highest BCUT2D eigenvalue weighted by Gasteiger charge is 2.32. The van der Waals surface area contributed by atoms with E-state index in [-0.39, 0.29) is 0 Å². The zero-order valence-corrected chi connectivity index (χ0v) is 12.2. The van der Waals surface area contributed by atoms with Gasteiger partial charge in [0, 0.05) is 11.9 Å². The normalized spacial score (nSPS) is 18.4. The van der Waals surface area contributed by atoms with Crippen LogP contribution in [-0.4, -0.2) is 20.7 Å². The largest absolute Gasteiger partial charge is 0.368 e. The van der Waals surface area contributed by atoms with Crippen LogP contribution in [0, 0.1) is 5.92 Å². The third-order valence-electron chi connectivity index (χ3n) is 3.60. The minimum absolute atomic E-state index is 0.454. The van der Waals surface area contributed by atoms with Crippen molar-refractivity contribution in [3.63, 3.8) is 0 Å². The smallest absolute Gasteiger partial charge is 0.240 e. The first-order chi connectivity index (χ1) is 8.98. The Morgan fingerprint density at radius 3 is 2.95 bits per heavy atom. The Morgan fingerprint density at radius 1 is 1.58 bits per heavy atom. The number of hydrogen-bond acceptors (Lipinski definition) is 3. The van der Waals surface area contributed by atoms with E-state index < -0.39 is 10.2 Å². The highest BCUT2D eigenvalue weighted by molar-refractivity contribution is 9.10. The molecule has 0 spiro atoms. The van der Waals surface area contributed by atoms with Crippen molar-refractivity contribution >= 4 is 32.7 Å². The molecule has 19 heavy (non-hydrogen) atoms. The number of fused-ring (bicyclic) bond motifs is 1. The van der Waals surface area contributed by atoms with Crippen LogP contribution in [-0.2, 0) is 15.7 Å². The molecule has 0 aliphatic heterocycles. The SMILES string of the molecule is CC(Br)(C(N)=O)c1cc2cnn(CC3CC3)c2cn1. The number of nitrogens with zero attached hydrogens (tertiary/aromatic N) is 3. The van der Waals surface area contributed by atoms with Crippen LogP contribution in [0.15, 0.2) is 18.5 Å². The lowest BCUT2D eigenvalue weighted by Gasteiger charge is -2.17. The first-order valence-corrected chi connectivity index (χ1v) is 7.08. The molecule has 2 heterocycles. The number of carbonyl (C=O) groups is 1. The van der Waals surface area contributed by atoms with Gasteiger partial charge < -0.3 is 5.73 Å². The van der Waals surface area contributed by atoms with Crippen molar-refractivity contribution in [2.45, 2.75) is 30.6 Å². The van der Waals surface area contributed by atoms with E-state index in [2.05, 4.69) is 26.0 Å². The second-order valence-corrected chi connectivity index (χ2v) is 6.85. The van der Waals surface area contributed by atoms with E-state index in [1.165, 1.54) is 12.8 Å². The van der Waals surface area contributed by atoms with Gasteiger partial charge in [-0.25, -0.2) is 0 Å². The quantitative estimate of drug-likeness (QED) is 0.874. The van der Waals surface area contributed by atoms with E-state index in [0.29, 0.717) is 5.69 Å². The fraction of sp³-hybridized carbons (Fsp3) is 0.462. The molecule has 1 aliphatic rings. The molecular formula is C13H15BrN4O. The van der Waals surface area contributed by atoms with E-state index in [1.807, 2.05) is 16.9 Å². The molecule has 0 saturated heterocycles. The number of halogens is 1. The molecule has 1 atom stereocenters. The highest BCUT2D eigenvalue weighted by atomic mass is 79.9. The highest BCUT2D eigenvalue weighted by Crippen LogP contribution is 2.33. The maximum atomic E-state index is 11.4. The standard InChI is InChI=1S/C13H15BrN4O/c1-13(14,12(15)19)11-4-9-5-17-18(7-8-2-3-8)10(9)6-16-11/h4-6,8H,2-3,7H2,1H3,(H2,15,19). The average Bonchev–Trinajstić information content (AvgIpc) is 3.09. The van der Waals surface area contributed by atoms with Crippen LogP contribution in [0.3, 0.4) is 0 Å². The Labute approximate surface area is 119 Å². The molecular weight excluding hydrogens is 308 g/mol. The van der Waals surface area contributed by atoms with E-state index in [1.54, 1.807) is 13.1 Å². The lowest BCUT2D eigenvalue weighted by molar-refractivity contribution is -0.120. The number of nitrogens with two attached hydrogens (primary N) is 1. The van der Waals surface area contributed by atoms with Gasteiger partial charge in [-0.1, -0.05) is 15.9 Å². The molecule has 5 nitrogen and oxygen atoms in total. The molecule has 2 N–H and O–H groups in total. The molecule has 1 unspecified atom stereocenters. The van der Waals surface area contributed by atoms with Crippen molar-refractivity contribution in [2.75, 3.05) is 0 Å². The van der Waals surface area contributed by atoms with Gasteiger partial charge in [-0.15, -0.1) is 0 Å². The minimum atomic E-state index is -0.945. The predicted molar refractivity (Wildman–Crippen MR) is 75.7 cm³/mol. The van der Waals surface area contributed by atoms with Crippen molar-refractivity contribution in [3.8, 4) is 0 Å². The van der Waals surface area contributed by atoms with E-state index in [0.717, 1.165) is 23.4 Å². The Morgan fingerprint density at radius 2 is 2.32 bits per heavy atom. The summed E-state index contributed by atoms with van der Waals surface area (Å²) in [5, 5.41) is 5.37. The van der Waals surface area contributed by atoms with E-state index in [9.17, 15) is 4.79 Å². The molecule has 1 amide bonds. The Bertz CT molecular complexity index is 645. The fourth-order valence-corrected chi connectivity index (χ4v) is 2.27. The number of amides is 1. The van der Waals surface area contributed by atoms with Crippen molar-refractivity contribution in [2.24, 2.45) is 11.7 Å². The topological polar surface area (TPSA) is 73.8 Å². The lowest BCUT2D eigenvalue weighted by Crippen LogP contribution is -2.33. The number of carbonyl (C=O) groups excluding carboxylic acids is 1. The summed E-state index contributed by atoms with van der Waals surface area (Å²) in [5.41, 5.74) is 6.99. The Hall–Kier alpha value is -1.43. The van der Waals surface area contributed by atoms with Crippen LogP contribution in [0.5, 0.6) is 0 Å². The first kappa shape index (κ1) is 12.6. The molecule has 2 aromatic heterocycles. The summed E-state index contributed by atoms with van der Waals surface area (Å²) in [4.78, 5) is 15.8. The third kappa shape index (κ3) is 2.25. The van der Waals surface area contributed by atoms with E-state index in [4.69, 9.17) is 5.73 Å². The molecule has 0 bridgehead atoms. The number of rotatable bonds is 4. The van der Waals surface area contributed by atoms with Crippen LogP contribution in [0.2, 0.25) is 0 Å². The molecule has 1 aliphatic carbocycles. The van der Waals surface area contributed by atoms with E-state index >= 15 is 0 Å². The van der Waals surface area contributed by atoms with Gasteiger partial charge in [0.2, 0.25) is 5.91 Å². The second kappa shape index (κ2) is 4.30.